The zero-order valence-corrected chi connectivity index (χ0v) is 14.5. The van der Waals surface area contributed by atoms with Gasteiger partial charge in [-0.3, -0.25) is 9.59 Å². The van der Waals surface area contributed by atoms with Gasteiger partial charge in [-0.2, -0.15) is 15.3 Å². The van der Waals surface area contributed by atoms with Crippen LogP contribution in [0.5, 0.6) is 0 Å². The number of hydrogen-bond donors (Lipinski definition) is 0. The molecule has 25 heavy (non-hydrogen) atoms. The van der Waals surface area contributed by atoms with E-state index in [1.165, 1.54) is 11.2 Å². The number of nitrogens with zero attached hydrogens (tertiary/aromatic N) is 6. The van der Waals surface area contributed by atoms with Crippen LogP contribution < -0.4 is 0 Å². The minimum atomic E-state index is -0.459. The Morgan fingerprint density at radius 1 is 1.40 bits per heavy atom. The molecule has 0 aliphatic rings. The van der Waals surface area contributed by atoms with Gasteiger partial charge in [0.15, 0.2) is 6.61 Å². The van der Waals surface area contributed by atoms with Crippen molar-refractivity contribution in [3.63, 3.8) is 0 Å². The molecule has 9 heteroatoms. The normalized spacial score (nSPS) is 10.5. The summed E-state index contributed by atoms with van der Waals surface area (Å²) in [6.45, 7) is 3.74. The lowest BCUT2D eigenvalue weighted by atomic mass is 10.1. The fraction of sp³-hybridized carbons (Fsp3) is 0.500. The zero-order chi connectivity index (χ0) is 18.4. The number of carbonyl (C=O) groups is 2. The van der Waals surface area contributed by atoms with Crippen molar-refractivity contribution in [2.75, 3.05) is 20.2 Å². The summed E-state index contributed by atoms with van der Waals surface area (Å²) in [5, 5.41) is 12.6. The maximum atomic E-state index is 11.9. The molecule has 2 rings (SSSR count). The molecule has 2 aromatic heterocycles. The Morgan fingerprint density at radius 3 is 2.88 bits per heavy atom. The molecule has 0 spiro atoms. The highest BCUT2D eigenvalue weighted by molar-refractivity contribution is 5.80. The Labute approximate surface area is 145 Å². The number of carbonyl (C=O) groups excluding carboxylic acids is 2. The van der Waals surface area contributed by atoms with Crippen molar-refractivity contribution in [3.8, 4) is 6.07 Å². The second kappa shape index (κ2) is 8.19. The van der Waals surface area contributed by atoms with Crippen LogP contribution in [0.4, 0.5) is 0 Å². The number of ether oxygens (including phenoxy) is 1. The van der Waals surface area contributed by atoms with E-state index in [-0.39, 0.29) is 25.4 Å². The van der Waals surface area contributed by atoms with Crippen LogP contribution in [0.3, 0.4) is 0 Å². The molecule has 0 aliphatic heterocycles. The van der Waals surface area contributed by atoms with E-state index in [1.54, 1.807) is 11.6 Å². The van der Waals surface area contributed by atoms with Crippen molar-refractivity contribution in [2.45, 2.75) is 33.1 Å². The van der Waals surface area contributed by atoms with Crippen molar-refractivity contribution in [1.29, 1.82) is 5.26 Å². The Morgan fingerprint density at radius 2 is 2.16 bits per heavy atom. The van der Waals surface area contributed by atoms with Crippen LogP contribution in [0.1, 0.15) is 29.8 Å². The molecule has 0 saturated carbocycles. The topological polar surface area (TPSA) is 113 Å². The first-order chi connectivity index (χ1) is 11.9. The second-order valence-corrected chi connectivity index (χ2v) is 5.62. The minimum Gasteiger partial charge on any atom is -0.456 e. The minimum absolute atomic E-state index is 0.138. The third-order valence-electron chi connectivity index (χ3n) is 3.91. The van der Waals surface area contributed by atoms with E-state index in [4.69, 9.17) is 10.00 Å². The molecule has 0 unspecified atom stereocenters. The van der Waals surface area contributed by atoms with Crippen LogP contribution >= 0.6 is 0 Å². The average Bonchev–Trinajstić information content (AvgIpc) is 3.05. The summed E-state index contributed by atoms with van der Waals surface area (Å²) in [5.74, 6) is -0.270. The number of rotatable bonds is 7. The van der Waals surface area contributed by atoms with E-state index in [9.17, 15) is 9.59 Å². The highest BCUT2D eigenvalue weighted by Crippen LogP contribution is 2.15. The molecule has 0 fully saturated rings. The highest BCUT2D eigenvalue weighted by atomic mass is 16.5. The van der Waals surface area contributed by atoms with Gasteiger partial charge in [0.1, 0.15) is 6.33 Å². The fourth-order valence-electron chi connectivity index (χ4n) is 2.41. The molecule has 2 aromatic rings. The van der Waals surface area contributed by atoms with Crippen molar-refractivity contribution in [2.24, 2.45) is 0 Å². The number of esters is 1. The summed E-state index contributed by atoms with van der Waals surface area (Å²) in [6.07, 6.45) is 2.25. The lowest BCUT2D eigenvalue weighted by Gasteiger charge is -2.15. The molecule has 9 nitrogen and oxygen atoms in total. The molecule has 0 saturated heterocycles. The van der Waals surface area contributed by atoms with Gasteiger partial charge in [-0.25, -0.2) is 9.50 Å². The first-order valence-electron chi connectivity index (χ1n) is 7.86. The van der Waals surface area contributed by atoms with E-state index in [0.717, 1.165) is 17.0 Å². The molecular formula is C16H20N6O3. The number of amides is 1. The first-order valence-corrected chi connectivity index (χ1v) is 7.86. The smallest absolute Gasteiger partial charge is 0.306 e. The van der Waals surface area contributed by atoms with E-state index in [2.05, 4.69) is 15.1 Å². The van der Waals surface area contributed by atoms with Crippen LogP contribution in [0.2, 0.25) is 0 Å². The molecule has 2 heterocycles. The average molecular weight is 344 g/mol. The molecule has 0 atom stereocenters. The van der Waals surface area contributed by atoms with Gasteiger partial charge in [0.25, 0.3) is 11.7 Å². The van der Waals surface area contributed by atoms with Crippen molar-refractivity contribution in [1.82, 2.24) is 24.5 Å². The number of nitriles is 1. The lowest BCUT2D eigenvalue weighted by molar-refractivity contribution is -0.151. The van der Waals surface area contributed by atoms with E-state index in [0.29, 0.717) is 18.7 Å². The third-order valence-corrected chi connectivity index (χ3v) is 3.91. The second-order valence-electron chi connectivity index (χ2n) is 5.62. The van der Waals surface area contributed by atoms with Gasteiger partial charge in [-0.05, 0) is 25.8 Å². The summed E-state index contributed by atoms with van der Waals surface area (Å²) in [7, 11) is 1.57. The first kappa shape index (κ1) is 18.3. The summed E-state index contributed by atoms with van der Waals surface area (Å²) in [5.41, 5.74) is 2.57. The van der Waals surface area contributed by atoms with E-state index < -0.39 is 5.97 Å². The maximum absolute atomic E-state index is 11.9. The summed E-state index contributed by atoms with van der Waals surface area (Å²) >= 11 is 0. The van der Waals surface area contributed by atoms with Crippen LogP contribution in [0.25, 0.3) is 5.78 Å². The lowest BCUT2D eigenvalue weighted by Crippen LogP contribution is -2.32. The van der Waals surface area contributed by atoms with Gasteiger partial charge < -0.3 is 9.64 Å². The predicted octanol–water partition coefficient (Wildman–Crippen LogP) is 0.589. The van der Waals surface area contributed by atoms with Crippen molar-refractivity contribution >= 4 is 17.7 Å². The molecule has 132 valence electrons. The highest BCUT2D eigenvalue weighted by Gasteiger charge is 2.15. The van der Waals surface area contributed by atoms with Crippen LogP contribution in [0.15, 0.2) is 6.33 Å². The number of aryl methyl sites for hydroxylation is 2. The van der Waals surface area contributed by atoms with Gasteiger partial charge in [0.05, 0.1) is 12.5 Å². The van der Waals surface area contributed by atoms with E-state index >= 15 is 0 Å². The molecule has 0 N–H and O–H groups in total. The predicted molar refractivity (Wildman–Crippen MR) is 87.4 cm³/mol. The Hall–Kier alpha value is -3.02. The summed E-state index contributed by atoms with van der Waals surface area (Å²) < 4.78 is 6.64. The molecule has 0 aromatic carbocycles. The van der Waals surface area contributed by atoms with Gasteiger partial charge in [0.2, 0.25) is 0 Å². The van der Waals surface area contributed by atoms with Gasteiger partial charge in [0, 0.05) is 31.4 Å². The Bertz CT molecular complexity index is 823. The number of hydrogen-bond acceptors (Lipinski definition) is 7. The quantitative estimate of drug-likeness (QED) is 0.675. The maximum Gasteiger partial charge on any atom is 0.306 e. The van der Waals surface area contributed by atoms with E-state index in [1.807, 2.05) is 19.9 Å². The third kappa shape index (κ3) is 4.50. The largest absolute Gasteiger partial charge is 0.456 e. The van der Waals surface area contributed by atoms with Gasteiger partial charge >= 0.3 is 5.97 Å². The molecular weight excluding hydrogens is 324 g/mol. The molecule has 0 radical (unpaired) electrons. The van der Waals surface area contributed by atoms with Crippen molar-refractivity contribution in [3.05, 3.63) is 23.3 Å². The monoisotopic (exact) mass is 344 g/mol. The number of likely N-dealkylation sites (N-methyl/N-ethyl adjacent to an activating group) is 1. The summed E-state index contributed by atoms with van der Waals surface area (Å²) in [4.78, 5) is 33.4. The van der Waals surface area contributed by atoms with Crippen LogP contribution in [-0.4, -0.2) is 56.6 Å². The van der Waals surface area contributed by atoms with Crippen molar-refractivity contribution < 1.29 is 14.3 Å². The Kier molecular flexibility index (Phi) is 6.00. The Balaban J connectivity index is 1.88. The standard InChI is InChI=1S/C16H20N6O3/c1-11-13(12(2)22-16(20-11)18-10-19-22)5-6-15(24)25-9-14(23)21(3)8-4-7-17/h10H,4-6,8-9H2,1-3H3. The van der Waals surface area contributed by atoms with Crippen LogP contribution in [0, 0.1) is 25.2 Å². The van der Waals surface area contributed by atoms with Gasteiger partial charge in [-0.1, -0.05) is 0 Å². The molecule has 0 bridgehead atoms. The molecule has 0 aliphatic carbocycles. The number of aromatic nitrogens is 4. The number of fused-ring (bicyclic) bond motifs is 1. The SMILES string of the molecule is Cc1nc2ncnn2c(C)c1CCC(=O)OCC(=O)N(C)CCC#N. The van der Waals surface area contributed by atoms with Crippen LogP contribution in [-0.2, 0) is 20.7 Å². The molecule has 1 amide bonds. The fourth-order valence-corrected chi connectivity index (χ4v) is 2.41. The zero-order valence-electron chi connectivity index (χ0n) is 14.5. The summed E-state index contributed by atoms with van der Waals surface area (Å²) in [6, 6.07) is 1.96. The van der Waals surface area contributed by atoms with Gasteiger partial charge in [-0.15, -0.1) is 0 Å².